The van der Waals surface area contributed by atoms with Gasteiger partial charge in [0, 0.05) is 19.6 Å². The fraction of sp³-hybridized carbons (Fsp3) is 0.969. The molecular formula is C32H66NO7P. The van der Waals surface area contributed by atoms with Gasteiger partial charge in [-0.15, -0.1) is 0 Å². The number of carbonyl (C=O) groups is 1. The van der Waals surface area contributed by atoms with E-state index < -0.39 is 13.9 Å². The maximum absolute atomic E-state index is 12.4. The van der Waals surface area contributed by atoms with E-state index in [0.717, 1.165) is 32.1 Å². The van der Waals surface area contributed by atoms with Gasteiger partial charge in [0.05, 0.1) is 19.8 Å². The summed E-state index contributed by atoms with van der Waals surface area (Å²) in [6.07, 6.45) is 26.8. The van der Waals surface area contributed by atoms with E-state index in [-0.39, 0.29) is 32.3 Å². The average molecular weight is 608 g/mol. The lowest BCUT2D eigenvalue weighted by molar-refractivity contribution is -0.154. The van der Waals surface area contributed by atoms with E-state index in [0.29, 0.717) is 13.0 Å². The highest BCUT2D eigenvalue weighted by molar-refractivity contribution is 7.47. The van der Waals surface area contributed by atoms with Gasteiger partial charge in [-0.2, -0.15) is 0 Å². The molecule has 0 radical (unpaired) electrons. The molecular weight excluding hydrogens is 541 g/mol. The molecule has 3 N–H and O–H groups in total. The fourth-order valence-corrected chi connectivity index (χ4v) is 5.53. The van der Waals surface area contributed by atoms with Crippen LogP contribution in [0.5, 0.6) is 0 Å². The Bertz CT molecular complexity index is 609. The number of nitrogens with two attached hydrogens (primary N) is 1. The van der Waals surface area contributed by atoms with Gasteiger partial charge in [-0.3, -0.25) is 13.8 Å². The molecule has 41 heavy (non-hydrogen) atoms. The first-order valence-corrected chi connectivity index (χ1v) is 18.5. The molecule has 0 aliphatic heterocycles. The molecule has 0 aliphatic carbocycles. The largest absolute Gasteiger partial charge is 0.472 e. The van der Waals surface area contributed by atoms with Crippen LogP contribution in [-0.2, 0) is 27.9 Å². The molecule has 2 atom stereocenters. The summed E-state index contributed by atoms with van der Waals surface area (Å²) in [4.78, 5) is 22.2. The minimum atomic E-state index is -4.25. The normalized spacial score (nSPS) is 13.8. The van der Waals surface area contributed by atoms with Gasteiger partial charge in [0.25, 0.3) is 0 Å². The fourth-order valence-electron chi connectivity index (χ4n) is 4.76. The third-order valence-corrected chi connectivity index (χ3v) is 8.26. The molecule has 0 bridgehead atoms. The van der Waals surface area contributed by atoms with Crippen LogP contribution in [0.1, 0.15) is 162 Å². The van der Waals surface area contributed by atoms with Gasteiger partial charge in [-0.05, 0) is 12.8 Å². The summed E-state index contributed by atoms with van der Waals surface area (Å²) in [6, 6.07) is 0. The summed E-state index contributed by atoms with van der Waals surface area (Å²) >= 11 is 0. The van der Waals surface area contributed by atoms with Crippen LogP contribution < -0.4 is 5.73 Å². The van der Waals surface area contributed by atoms with Crippen molar-refractivity contribution < 1.29 is 32.8 Å². The Morgan fingerprint density at radius 2 is 1.07 bits per heavy atom. The number of esters is 1. The van der Waals surface area contributed by atoms with Crippen molar-refractivity contribution in [3.63, 3.8) is 0 Å². The van der Waals surface area contributed by atoms with Gasteiger partial charge in [-0.25, -0.2) is 4.57 Å². The molecule has 0 heterocycles. The van der Waals surface area contributed by atoms with E-state index in [4.69, 9.17) is 24.3 Å². The van der Waals surface area contributed by atoms with E-state index in [9.17, 15) is 14.3 Å². The van der Waals surface area contributed by atoms with Gasteiger partial charge in [-0.1, -0.05) is 142 Å². The summed E-state index contributed by atoms with van der Waals surface area (Å²) in [7, 11) is -4.25. The van der Waals surface area contributed by atoms with Crippen LogP contribution in [0.25, 0.3) is 0 Å². The van der Waals surface area contributed by atoms with E-state index in [1.807, 2.05) is 0 Å². The van der Waals surface area contributed by atoms with Crippen molar-refractivity contribution in [3.05, 3.63) is 0 Å². The number of ether oxygens (including phenoxy) is 2. The number of rotatable bonds is 33. The number of phosphoric ester groups is 1. The highest BCUT2D eigenvalue weighted by Crippen LogP contribution is 2.43. The van der Waals surface area contributed by atoms with E-state index in [1.165, 1.54) is 109 Å². The lowest BCUT2D eigenvalue weighted by Gasteiger charge is -2.20. The third kappa shape index (κ3) is 30.8. The number of unbranched alkanes of at least 4 members (excludes halogenated alkanes) is 20. The predicted octanol–water partition coefficient (Wildman–Crippen LogP) is 9.02. The quantitative estimate of drug-likeness (QED) is 0.0431. The van der Waals surface area contributed by atoms with Gasteiger partial charge in [0.2, 0.25) is 0 Å². The van der Waals surface area contributed by atoms with Crippen molar-refractivity contribution in [2.45, 2.75) is 168 Å². The van der Waals surface area contributed by atoms with Gasteiger partial charge in [0.1, 0.15) is 6.10 Å². The molecule has 246 valence electrons. The van der Waals surface area contributed by atoms with Crippen LogP contribution in [-0.4, -0.2) is 49.9 Å². The van der Waals surface area contributed by atoms with Crippen LogP contribution in [0.4, 0.5) is 0 Å². The van der Waals surface area contributed by atoms with Crippen LogP contribution >= 0.6 is 7.82 Å². The SMILES string of the molecule is CCCCCCCCCCCCCOCC(COP(=O)(O)OCCN)OC(=O)CCCCCCCCCCCCC. The first-order valence-electron chi connectivity index (χ1n) is 17.0. The monoisotopic (exact) mass is 607 g/mol. The van der Waals surface area contributed by atoms with Crippen molar-refractivity contribution >= 4 is 13.8 Å². The maximum Gasteiger partial charge on any atom is 0.472 e. The van der Waals surface area contributed by atoms with Crippen molar-refractivity contribution in [2.24, 2.45) is 5.73 Å². The summed E-state index contributed by atoms with van der Waals surface area (Å²) in [5, 5.41) is 0. The number of carbonyl (C=O) groups excluding carboxylic acids is 1. The Hall–Kier alpha value is -0.500. The smallest absolute Gasteiger partial charge is 0.457 e. The van der Waals surface area contributed by atoms with Crippen LogP contribution in [0.2, 0.25) is 0 Å². The van der Waals surface area contributed by atoms with Gasteiger partial charge < -0.3 is 20.1 Å². The second kappa shape index (κ2) is 30.9. The Morgan fingerprint density at radius 3 is 1.54 bits per heavy atom. The summed E-state index contributed by atoms with van der Waals surface area (Å²) in [6.45, 7) is 4.92. The maximum atomic E-state index is 12.4. The van der Waals surface area contributed by atoms with Gasteiger partial charge >= 0.3 is 13.8 Å². The zero-order valence-corrected chi connectivity index (χ0v) is 27.7. The lowest BCUT2D eigenvalue weighted by atomic mass is 10.1. The number of phosphoric acid groups is 1. The number of hydrogen-bond acceptors (Lipinski definition) is 7. The average Bonchev–Trinajstić information content (AvgIpc) is 2.96. The molecule has 0 aromatic heterocycles. The van der Waals surface area contributed by atoms with E-state index >= 15 is 0 Å². The highest BCUT2D eigenvalue weighted by Gasteiger charge is 2.25. The van der Waals surface area contributed by atoms with Crippen molar-refractivity contribution in [2.75, 3.05) is 33.0 Å². The van der Waals surface area contributed by atoms with Crippen LogP contribution in [0.15, 0.2) is 0 Å². The molecule has 0 fully saturated rings. The lowest BCUT2D eigenvalue weighted by Crippen LogP contribution is -2.28. The third-order valence-electron chi connectivity index (χ3n) is 7.27. The van der Waals surface area contributed by atoms with Crippen molar-refractivity contribution in [3.8, 4) is 0 Å². The van der Waals surface area contributed by atoms with Crippen LogP contribution in [0, 0.1) is 0 Å². The Morgan fingerprint density at radius 1 is 0.634 bits per heavy atom. The first kappa shape index (κ1) is 40.5. The zero-order valence-electron chi connectivity index (χ0n) is 26.8. The number of hydrogen-bond donors (Lipinski definition) is 2. The second-order valence-corrected chi connectivity index (χ2v) is 12.8. The Balaban J connectivity index is 4.12. The molecule has 0 aromatic rings. The first-order chi connectivity index (χ1) is 19.9. The summed E-state index contributed by atoms with van der Waals surface area (Å²) in [5.41, 5.74) is 5.33. The van der Waals surface area contributed by atoms with Crippen molar-refractivity contribution in [1.29, 1.82) is 0 Å². The molecule has 9 heteroatoms. The summed E-state index contributed by atoms with van der Waals surface area (Å²) in [5.74, 6) is -0.330. The minimum Gasteiger partial charge on any atom is -0.457 e. The highest BCUT2D eigenvalue weighted by atomic mass is 31.2. The molecule has 0 amide bonds. The molecule has 0 rings (SSSR count). The van der Waals surface area contributed by atoms with Crippen molar-refractivity contribution in [1.82, 2.24) is 0 Å². The molecule has 8 nitrogen and oxygen atoms in total. The Labute approximate surface area is 252 Å². The Kier molecular flexibility index (Phi) is 30.6. The molecule has 0 spiro atoms. The second-order valence-electron chi connectivity index (χ2n) is 11.4. The molecule has 0 aliphatic rings. The zero-order chi connectivity index (χ0) is 30.3. The van der Waals surface area contributed by atoms with Crippen LogP contribution in [0.3, 0.4) is 0 Å². The van der Waals surface area contributed by atoms with E-state index in [1.54, 1.807) is 0 Å². The predicted molar refractivity (Wildman–Crippen MR) is 169 cm³/mol. The van der Waals surface area contributed by atoms with Gasteiger partial charge in [0.15, 0.2) is 0 Å². The molecule has 0 aromatic carbocycles. The topological polar surface area (TPSA) is 117 Å². The molecule has 0 saturated heterocycles. The van der Waals surface area contributed by atoms with E-state index in [2.05, 4.69) is 13.8 Å². The molecule has 2 unspecified atom stereocenters. The minimum absolute atomic E-state index is 0.0908. The molecule has 0 saturated carbocycles. The summed E-state index contributed by atoms with van der Waals surface area (Å²) < 4.78 is 33.1. The standard InChI is InChI=1S/C32H66NO7P/c1-3-5-7-9-11-13-15-17-19-21-23-25-32(34)40-31(30-39-41(35,36)38-28-26-33)29-37-27-24-22-20-18-16-14-12-10-8-6-4-2/h31H,3-30,33H2,1-2H3,(H,35,36).